The van der Waals surface area contributed by atoms with E-state index in [1.54, 1.807) is 0 Å². The summed E-state index contributed by atoms with van der Waals surface area (Å²) in [7, 11) is 2.29. The number of rotatable bonds is 2. The van der Waals surface area contributed by atoms with Gasteiger partial charge in [0.1, 0.15) is 0 Å². The molecule has 0 aromatic rings. The highest BCUT2D eigenvalue weighted by Gasteiger charge is 2.41. The van der Waals surface area contributed by atoms with Crippen molar-refractivity contribution in [1.82, 2.24) is 4.90 Å². The van der Waals surface area contributed by atoms with Crippen LogP contribution in [0.15, 0.2) is 0 Å². The van der Waals surface area contributed by atoms with E-state index >= 15 is 0 Å². The monoisotopic (exact) mass is 282 g/mol. The minimum absolute atomic E-state index is 0.0915. The second-order valence-electron chi connectivity index (χ2n) is 6.97. The molecule has 1 saturated carbocycles. The number of nitrogens with zero attached hydrogens (tertiary/aromatic N) is 1. The summed E-state index contributed by atoms with van der Waals surface area (Å²) in [6.45, 7) is 2.62. The van der Waals surface area contributed by atoms with Crippen LogP contribution in [-0.4, -0.2) is 55.5 Å². The predicted octanol–water partition coefficient (Wildman–Crippen LogP) is 1.92. The third-order valence-corrected chi connectivity index (χ3v) is 5.75. The number of hydrogen-bond donors (Lipinski definition) is 1. The Morgan fingerprint density at radius 1 is 1.05 bits per heavy atom. The van der Waals surface area contributed by atoms with Crippen LogP contribution in [0.2, 0.25) is 0 Å². The average Bonchev–Trinajstić information content (AvgIpc) is 2.48. The Morgan fingerprint density at radius 3 is 2.55 bits per heavy atom. The molecule has 1 spiro atoms. The molecule has 0 bridgehead atoms. The van der Waals surface area contributed by atoms with Crippen molar-refractivity contribution in [2.45, 2.75) is 75.1 Å². The van der Waals surface area contributed by atoms with Crippen LogP contribution in [0, 0.1) is 0 Å². The normalized spacial score (nSPS) is 38.2. The Morgan fingerprint density at radius 2 is 1.80 bits per heavy atom. The van der Waals surface area contributed by atoms with Crippen molar-refractivity contribution < 1.29 is 9.47 Å². The summed E-state index contributed by atoms with van der Waals surface area (Å²) in [5.41, 5.74) is 6.46. The molecule has 1 aliphatic carbocycles. The molecule has 3 fully saturated rings. The van der Waals surface area contributed by atoms with Crippen LogP contribution in [0.25, 0.3) is 0 Å². The predicted molar refractivity (Wildman–Crippen MR) is 79.8 cm³/mol. The van der Waals surface area contributed by atoms with Gasteiger partial charge in [-0.3, -0.25) is 4.90 Å². The summed E-state index contributed by atoms with van der Waals surface area (Å²) in [5.74, 6) is 0. The lowest BCUT2D eigenvalue weighted by Crippen LogP contribution is -2.56. The highest BCUT2D eigenvalue weighted by atomic mass is 16.5. The first-order valence-electron chi connectivity index (χ1n) is 8.39. The van der Waals surface area contributed by atoms with Gasteiger partial charge in [-0.05, 0) is 45.6 Å². The highest BCUT2D eigenvalue weighted by molar-refractivity contribution is 4.95. The van der Waals surface area contributed by atoms with Gasteiger partial charge < -0.3 is 15.2 Å². The van der Waals surface area contributed by atoms with Gasteiger partial charge in [-0.1, -0.05) is 12.8 Å². The Kier molecular flexibility index (Phi) is 4.65. The summed E-state index contributed by atoms with van der Waals surface area (Å²) >= 11 is 0. The topological polar surface area (TPSA) is 47.7 Å². The van der Waals surface area contributed by atoms with E-state index in [2.05, 4.69) is 11.9 Å². The fourth-order valence-corrected chi connectivity index (χ4v) is 4.36. The van der Waals surface area contributed by atoms with Crippen LogP contribution in [0.4, 0.5) is 0 Å². The third-order valence-electron chi connectivity index (χ3n) is 5.75. The Balaban J connectivity index is 1.63. The van der Waals surface area contributed by atoms with Gasteiger partial charge in [0.25, 0.3) is 0 Å². The minimum atomic E-state index is 0.0915. The summed E-state index contributed by atoms with van der Waals surface area (Å²) in [6.07, 6.45) is 9.55. The average molecular weight is 282 g/mol. The van der Waals surface area contributed by atoms with E-state index in [4.69, 9.17) is 15.2 Å². The molecule has 3 aliphatic rings. The minimum Gasteiger partial charge on any atom is -0.381 e. The van der Waals surface area contributed by atoms with E-state index in [1.165, 1.54) is 25.7 Å². The molecule has 0 aromatic carbocycles. The van der Waals surface area contributed by atoms with Crippen LogP contribution in [0.3, 0.4) is 0 Å². The number of nitrogens with two attached hydrogens (primary N) is 1. The van der Waals surface area contributed by atoms with Crippen molar-refractivity contribution in [2.24, 2.45) is 5.73 Å². The molecule has 3 unspecified atom stereocenters. The molecule has 2 aliphatic heterocycles. The summed E-state index contributed by atoms with van der Waals surface area (Å²) in [4.78, 5) is 2.59. The zero-order chi connectivity index (χ0) is 14.0. The lowest BCUT2D eigenvalue weighted by Gasteiger charge is -2.48. The SMILES string of the molecule is CN(C1CCOC2(CCOCC2)C1)C1CCCCC1N. The molecule has 2 saturated heterocycles. The van der Waals surface area contributed by atoms with Gasteiger partial charge in [-0.15, -0.1) is 0 Å². The van der Waals surface area contributed by atoms with Gasteiger partial charge in [0, 0.05) is 37.9 Å². The largest absolute Gasteiger partial charge is 0.381 e. The van der Waals surface area contributed by atoms with Crippen molar-refractivity contribution in [3.05, 3.63) is 0 Å². The first-order chi connectivity index (χ1) is 9.70. The summed E-state index contributed by atoms with van der Waals surface area (Å²) in [6, 6.07) is 1.57. The second-order valence-corrected chi connectivity index (χ2v) is 6.97. The number of ether oxygens (including phenoxy) is 2. The summed E-state index contributed by atoms with van der Waals surface area (Å²) in [5, 5.41) is 0. The standard InChI is InChI=1S/C16H30N2O2/c1-18(15-5-3-2-4-14(15)17)13-6-9-20-16(12-13)7-10-19-11-8-16/h13-15H,2-12,17H2,1H3. The Bertz CT molecular complexity index is 312. The van der Waals surface area contributed by atoms with Gasteiger partial charge in [0.2, 0.25) is 0 Å². The lowest BCUT2D eigenvalue weighted by molar-refractivity contribution is -0.153. The molecule has 4 nitrogen and oxygen atoms in total. The number of likely N-dealkylation sites (N-methyl/N-ethyl adjacent to an activating group) is 1. The van der Waals surface area contributed by atoms with Crippen molar-refractivity contribution in [3.63, 3.8) is 0 Å². The zero-order valence-corrected chi connectivity index (χ0v) is 12.9. The molecular formula is C16H30N2O2. The second kappa shape index (κ2) is 6.30. The lowest BCUT2D eigenvalue weighted by atomic mass is 9.82. The van der Waals surface area contributed by atoms with Crippen molar-refractivity contribution in [1.29, 1.82) is 0 Å². The molecule has 4 heteroatoms. The zero-order valence-electron chi connectivity index (χ0n) is 12.9. The van der Waals surface area contributed by atoms with E-state index < -0.39 is 0 Å². The molecule has 116 valence electrons. The highest BCUT2D eigenvalue weighted by Crippen LogP contribution is 2.37. The van der Waals surface area contributed by atoms with Crippen molar-refractivity contribution in [2.75, 3.05) is 26.9 Å². The molecule has 0 aromatic heterocycles. The van der Waals surface area contributed by atoms with Crippen LogP contribution >= 0.6 is 0 Å². The fraction of sp³-hybridized carbons (Fsp3) is 1.00. The molecule has 0 radical (unpaired) electrons. The van der Waals surface area contributed by atoms with Gasteiger partial charge in [0.05, 0.1) is 5.60 Å². The van der Waals surface area contributed by atoms with Gasteiger partial charge in [-0.2, -0.15) is 0 Å². The van der Waals surface area contributed by atoms with Crippen LogP contribution in [0.5, 0.6) is 0 Å². The van der Waals surface area contributed by atoms with Crippen molar-refractivity contribution >= 4 is 0 Å². The third kappa shape index (κ3) is 3.03. The van der Waals surface area contributed by atoms with E-state index in [1.807, 2.05) is 0 Å². The quantitative estimate of drug-likeness (QED) is 0.840. The fourth-order valence-electron chi connectivity index (χ4n) is 4.36. The van der Waals surface area contributed by atoms with Gasteiger partial charge >= 0.3 is 0 Å². The van der Waals surface area contributed by atoms with E-state index in [0.29, 0.717) is 18.1 Å². The molecule has 2 heterocycles. The summed E-state index contributed by atoms with van der Waals surface area (Å²) < 4.78 is 11.7. The Labute approximate surface area is 123 Å². The number of hydrogen-bond acceptors (Lipinski definition) is 4. The maximum Gasteiger partial charge on any atom is 0.0741 e. The molecular weight excluding hydrogens is 252 g/mol. The first kappa shape index (κ1) is 14.8. The van der Waals surface area contributed by atoms with Crippen LogP contribution in [0.1, 0.15) is 51.4 Å². The Hall–Kier alpha value is -0.160. The first-order valence-corrected chi connectivity index (χ1v) is 8.39. The van der Waals surface area contributed by atoms with Gasteiger partial charge in [-0.25, -0.2) is 0 Å². The molecule has 0 amide bonds. The van der Waals surface area contributed by atoms with E-state index in [0.717, 1.165) is 45.5 Å². The molecule has 3 rings (SSSR count). The van der Waals surface area contributed by atoms with Gasteiger partial charge in [0.15, 0.2) is 0 Å². The van der Waals surface area contributed by atoms with Crippen molar-refractivity contribution in [3.8, 4) is 0 Å². The van der Waals surface area contributed by atoms with Crippen LogP contribution in [-0.2, 0) is 9.47 Å². The van der Waals surface area contributed by atoms with E-state index in [-0.39, 0.29) is 5.60 Å². The van der Waals surface area contributed by atoms with Crippen LogP contribution < -0.4 is 5.73 Å². The molecule has 3 atom stereocenters. The van der Waals surface area contributed by atoms with E-state index in [9.17, 15) is 0 Å². The maximum atomic E-state index is 6.36. The maximum absolute atomic E-state index is 6.36. The molecule has 2 N–H and O–H groups in total. The smallest absolute Gasteiger partial charge is 0.0741 e. The molecule has 20 heavy (non-hydrogen) atoms.